The number of allylic oxidation sites excluding steroid dienone is 3. The van der Waals surface area contributed by atoms with E-state index in [2.05, 4.69) is 13.0 Å². The summed E-state index contributed by atoms with van der Waals surface area (Å²) in [7, 11) is 0. The molecular weight excluding hydrogens is 264 g/mol. The first kappa shape index (κ1) is 19.9. The lowest BCUT2D eigenvalue weighted by molar-refractivity contribution is -0.141. The zero-order valence-corrected chi connectivity index (χ0v) is 14.5. The van der Waals surface area contributed by atoms with Crippen molar-refractivity contribution in [3.63, 3.8) is 0 Å². The van der Waals surface area contributed by atoms with Crippen molar-refractivity contribution in [2.45, 2.75) is 78.9 Å². The number of hydrogen-bond donors (Lipinski definition) is 1. The van der Waals surface area contributed by atoms with E-state index in [-0.39, 0.29) is 12.1 Å². The fourth-order valence-corrected chi connectivity index (χ4v) is 1.99. The minimum absolute atomic E-state index is 0.0821. The standard InChI is InChI=1S/C18H32O3/c1-14(2)21-17(19)13-16(4)10-7-9-15(3)11-8-12-18(5,6)20/h7,10,13-15,20H,8-9,11-12H2,1-6H3. The van der Waals surface area contributed by atoms with Crippen LogP contribution in [-0.4, -0.2) is 22.8 Å². The van der Waals surface area contributed by atoms with E-state index in [0.29, 0.717) is 5.92 Å². The predicted octanol–water partition coefficient (Wildman–Crippen LogP) is 4.41. The van der Waals surface area contributed by atoms with Crippen molar-refractivity contribution >= 4 is 5.97 Å². The number of carbonyl (C=O) groups excluding carboxylic acids is 1. The van der Waals surface area contributed by atoms with Gasteiger partial charge in [-0.05, 0) is 59.0 Å². The van der Waals surface area contributed by atoms with Crippen molar-refractivity contribution in [3.05, 3.63) is 23.8 Å². The molecule has 0 bridgehead atoms. The van der Waals surface area contributed by atoms with E-state index in [0.717, 1.165) is 31.3 Å². The maximum atomic E-state index is 11.4. The minimum Gasteiger partial charge on any atom is -0.460 e. The van der Waals surface area contributed by atoms with Crippen molar-refractivity contribution in [1.29, 1.82) is 0 Å². The molecular formula is C18H32O3. The topological polar surface area (TPSA) is 46.5 Å². The zero-order valence-electron chi connectivity index (χ0n) is 14.5. The average molecular weight is 296 g/mol. The third kappa shape index (κ3) is 13.6. The second kappa shape index (κ2) is 9.78. The van der Waals surface area contributed by atoms with Crippen LogP contribution in [0.1, 0.15) is 67.2 Å². The highest BCUT2D eigenvalue weighted by Crippen LogP contribution is 2.18. The van der Waals surface area contributed by atoms with Gasteiger partial charge in [-0.2, -0.15) is 0 Å². The van der Waals surface area contributed by atoms with Crippen LogP contribution >= 0.6 is 0 Å². The van der Waals surface area contributed by atoms with Crippen LogP contribution in [0.5, 0.6) is 0 Å². The fraction of sp³-hybridized carbons (Fsp3) is 0.722. The molecule has 0 aromatic carbocycles. The molecule has 1 atom stereocenters. The third-order valence-corrected chi connectivity index (χ3v) is 3.10. The molecule has 3 heteroatoms. The molecule has 21 heavy (non-hydrogen) atoms. The van der Waals surface area contributed by atoms with E-state index in [1.807, 2.05) is 40.7 Å². The van der Waals surface area contributed by atoms with E-state index in [1.54, 1.807) is 0 Å². The summed E-state index contributed by atoms with van der Waals surface area (Å²) in [5, 5.41) is 9.66. The fourth-order valence-electron chi connectivity index (χ4n) is 1.99. The Morgan fingerprint density at radius 1 is 1.29 bits per heavy atom. The van der Waals surface area contributed by atoms with Crippen LogP contribution in [0.3, 0.4) is 0 Å². The van der Waals surface area contributed by atoms with Gasteiger partial charge in [-0.1, -0.05) is 31.9 Å². The Hall–Kier alpha value is -1.09. The zero-order chi connectivity index (χ0) is 16.5. The van der Waals surface area contributed by atoms with Gasteiger partial charge in [-0.25, -0.2) is 4.79 Å². The molecule has 0 spiro atoms. The molecule has 0 aromatic heterocycles. The van der Waals surface area contributed by atoms with Crippen LogP contribution in [0, 0.1) is 5.92 Å². The largest absolute Gasteiger partial charge is 0.460 e. The van der Waals surface area contributed by atoms with Gasteiger partial charge >= 0.3 is 5.97 Å². The number of hydrogen-bond acceptors (Lipinski definition) is 3. The summed E-state index contributed by atoms with van der Waals surface area (Å²) in [4.78, 5) is 11.4. The van der Waals surface area contributed by atoms with E-state index in [9.17, 15) is 9.90 Å². The number of esters is 1. The predicted molar refractivity (Wildman–Crippen MR) is 88.1 cm³/mol. The first-order valence-corrected chi connectivity index (χ1v) is 7.88. The summed E-state index contributed by atoms with van der Waals surface area (Å²) >= 11 is 0. The Bertz CT molecular complexity index is 359. The maximum absolute atomic E-state index is 11.4. The Morgan fingerprint density at radius 3 is 2.43 bits per heavy atom. The molecule has 0 saturated carbocycles. The molecule has 3 nitrogen and oxygen atoms in total. The van der Waals surface area contributed by atoms with Crippen LogP contribution < -0.4 is 0 Å². The highest BCUT2D eigenvalue weighted by atomic mass is 16.5. The molecule has 0 amide bonds. The van der Waals surface area contributed by atoms with Crippen molar-refractivity contribution < 1.29 is 14.6 Å². The van der Waals surface area contributed by atoms with Crippen LogP contribution in [-0.2, 0) is 9.53 Å². The molecule has 0 heterocycles. The molecule has 0 aliphatic rings. The molecule has 0 rings (SSSR count). The Labute approximate surface area is 130 Å². The summed E-state index contributed by atoms with van der Waals surface area (Å²) < 4.78 is 5.06. The number of rotatable bonds is 9. The molecule has 1 unspecified atom stereocenters. The van der Waals surface area contributed by atoms with E-state index in [4.69, 9.17) is 4.74 Å². The van der Waals surface area contributed by atoms with Gasteiger partial charge in [0.15, 0.2) is 0 Å². The number of aliphatic hydroxyl groups is 1. The van der Waals surface area contributed by atoms with E-state index < -0.39 is 5.60 Å². The van der Waals surface area contributed by atoms with Gasteiger partial charge in [0.2, 0.25) is 0 Å². The van der Waals surface area contributed by atoms with Crippen molar-refractivity contribution in [2.24, 2.45) is 5.92 Å². The first-order valence-electron chi connectivity index (χ1n) is 7.88. The van der Waals surface area contributed by atoms with Gasteiger partial charge in [0, 0.05) is 6.08 Å². The third-order valence-electron chi connectivity index (χ3n) is 3.10. The summed E-state index contributed by atoms with van der Waals surface area (Å²) in [5.74, 6) is 0.296. The maximum Gasteiger partial charge on any atom is 0.331 e. The second-order valence-electron chi connectivity index (χ2n) is 6.82. The smallest absolute Gasteiger partial charge is 0.331 e. The van der Waals surface area contributed by atoms with Gasteiger partial charge < -0.3 is 9.84 Å². The first-order chi connectivity index (χ1) is 9.60. The van der Waals surface area contributed by atoms with Crippen molar-refractivity contribution in [2.75, 3.05) is 0 Å². The van der Waals surface area contributed by atoms with Crippen LogP contribution in [0.4, 0.5) is 0 Å². The summed E-state index contributed by atoms with van der Waals surface area (Å²) in [6, 6.07) is 0. The molecule has 0 aromatic rings. The Morgan fingerprint density at radius 2 is 1.90 bits per heavy atom. The van der Waals surface area contributed by atoms with Gasteiger partial charge in [-0.3, -0.25) is 0 Å². The lowest BCUT2D eigenvalue weighted by Crippen LogP contribution is -2.18. The van der Waals surface area contributed by atoms with Crippen molar-refractivity contribution in [1.82, 2.24) is 0 Å². The molecule has 0 aliphatic carbocycles. The molecule has 1 N–H and O–H groups in total. The van der Waals surface area contributed by atoms with Crippen LogP contribution in [0.25, 0.3) is 0 Å². The quantitative estimate of drug-likeness (QED) is 0.389. The molecule has 122 valence electrons. The van der Waals surface area contributed by atoms with Crippen LogP contribution in [0.15, 0.2) is 23.8 Å². The second-order valence-corrected chi connectivity index (χ2v) is 6.82. The SMILES string of the molecule is CC(C=CCC(C)CCCC(C)(C)O)=CC(=O)OC(C)C. The minimum atomic E-state index is -0.564. The lowest BCUT2D eigenvalue weighted by atomic mass is 9.95. The average Bonchev–Trinajstić information content (AvgIpc) is 2.25. The molecule has 0 aliphatic heterocycles. The summed E-state index contributed by atoms with van der Waals surface area (Å²) in [6.07, 6.45) is 9.46. The highest BCUT2D eigenvalue weighted by molar-refractivity contribution is 5.83. The van der Waals surface area contributed by atoms with E-state index >= 15 is 0 Å². The normalized spacial score (nSPS) is 14.8. The number of ether oxygens (including phenoxy) is 1. The van der Waals surface area contributed by atoms with Gasteiger partial charge in [0.1, 0.15) is 0 Å². The highest BCUT2D eigenvalue weighted by Gasteiger charge is 2.12. The monoisotopic (exact) mass is 296 g/mol. The van der Waals surface area contributed by atoms with Gasteiger partial charge in [0.05, 0.1) is 11.7 Å². The lowest BCUT2D eigenvalue weighted by Gasteiger charge is -2.17. The molecule has 0 fully saturated rings. The summed E-state index contributed by atoms with van der Waals surface area (Å²) in [6.45, 7) is 11.5. The Kier molecular flexibility index (Phi) is 9.27. The van der Waals surface area contributed by atoms with E-state index in [1.165, 1.54) is 6.08 Å². The summed E-state index contributed by atoms with van der Waals surface area (Å²) in [5.41, 5.74) is 0.343. The van der Waals surface area contributed by atoms with Gasteiger partial charge in [0.25, 0.3) is 0 Å². The number of carbonyl (C=O) groups is 1. The van der Waals surface area contributed by atoms with Gasteiger partial charge in [-0.15, -0.1) is 0 Å². The van der Waals surface area contributed by atoms with Crippen LogP contribution in [0.2, 0.25) is 0 Å². The molecule has 0 radical (unpaired) electrons. The van der Waals surface area contributed by atoms with Crippen molar-refractivity contribution in [3.8, 4) is 0 Å². The Balaban J connectivity index is 4.03. The molecule has 0 saturated heterocycles.